The molecule has 0 bridgehead atoms. The Hall–Kier alpha value is -2.57. The van der Waals surface area contributed by atoms with Crippen LogP contribution in [0.4, 0.5) is 5.69 Å². The van der Waals surface area contributed by atoms with E-state index in [9.17, 15) is 4.79 Å². The average Bonchev–Trinajstić information content (AvgIpc) is 3.20. The fourth-order valence-corrected chi connectivity index (χ4v) is 3.97. The van der Waals surface area contributed by atoms with Crippen molar-refractivity contribution in [3.8, 4) is 11.5 Å². The molecule has 6 heteroatoms. The number of fused-ring (bicyclic) bond motifs is 1. The van der Waals surface area contributed by atoms with Gasteiger partial charge >= 0.3 is 0 Å². The normalized spacial score (nSPS) is 18.3. The number of benzene rings is 2. The van der Waals surface area contributed by atoms with Gasteiger partial charge in [-0.3, -0.25) is 4.79 Å². The first-order chi connectivity index (χ1) is 14.1. The minimum absolute atomic E-state index is 0.0384. The molecule has 2 N–H and O–H groups in total. The maximum absolute atomic E-state index is 12.7. The molecule has 1 amide bonds. The zero-order valence-electron chi connectivity index (χ0n) is 17.0. The average molecular weight is 396 g/mol. The van der Waals surface area contributed by atoms with Gasteiger partial charge in [0, 0.05) is 30.9 Å². The highest BCUT2D eigenvalue weighted by Crippen LogP contribution is 2.40. The van der Waals surface area contributed by atoms with E-state index in [1.54, 1.807) is 0 Å². The summed E-state index contributed by atoms with van der Waals surface area (Å²) in [5.41, 5.74) is 3.04. The molecule has 4 rings (SSSR count). The van der Waals surface area contributed by atoms with Gasteiger partial charge < -0.3 is 24.8 Å². The van der Waals surface area contributed by atoms with Crippen LogP contribution in [0.3, 0.4) is 0 Å². The first-order valence-corrected chi connectivity index (χ1v) is 10.1. The Balaban J connectivity index is 1.45. The Kier molecular flexibility index (Phi) is 5.74. The number of rotatable bonds is 6. The summed E-state index contributed by atoms with van der Waals surface area (Å²) in [6, 6.07) is 13.7. The van der Waals surface area contributed by atoms with Crippen LogP contribution in [-0.4, -0.2) is 38.5 Å². The smallest absolute Gasteiger partial charge is 0.241 e. The third kappa shape index (κ3) is 4.38. The lowest BCUT2D eigenvalue weighted by Gasteiger charge is -2.38. The third-order valence-electron chi connectivity index (χ3n) is 5.86. The summed E-state index contributed by atoms with van der Waals surface area (Å²) in [7, 11) is 0. The van der Waals surface area contributed by atoms with Gasteiger partial charge in [-0.2, -0.15) is 0 Å². The molecule has 0 unspecified atom stereocenters. The van der Waals surface area contributed by atoms with Gasteiger partial charge in [-0.1, -0.05) is 18.2 Å². The van der Waals surface area contributed by atoms with Crippen molar-refractivity contribution < 1.29 is 19.0 Å². The summed E-state index contributed by atoms with van der Waals surface area (Å²) in [5.74, 6) is 1.54. The van der Waals surface area contributed by atoms with E-state index in [4.69, 9.17) is 14.2 Å². The lowest BCUT2D eigenvalue weighted by Crippen LogP contribution is -2.48. The number of anilines is 1. The maximum atomic E-state index is 12.7. The highest BCUT2D eigenvalue weighted by Gasteiger charge is 2.36. The Morgan fingerprint density at radius 2 is 1.90 bits per heavy atom. The largest absolute Gasteiger partial charge is 0.454 e. The van der Waals surface area contributed by atoms with Gasteiger partial charge in [0.05, 0.1) is 6.04 Å². The van der Waals surface area contributed by atoms with Crippen molar-refractivity contribution in [3.63, 3.8) is 0 Å². The summed E-state index contributed by atoms with van der Waals surface area (Å²) in [6.45, 7) is 6.29. The van der Waals surface area contributed by atoms with Crippen molar-refractivity contribution in [1.82, 2.24) is 5.32 Å². The molecule has 0 aromatic heterocycles. The van der Waals surface area contributed by atoms with Crippen molar-refractivity contribution in [1.29, 1.82) is 0 Å². The molecule has 1 fully saturated rings. The van der Waals surface area contributed by atoms with Crippen molar-refractivity contribution in [2.45, 2.75) is 38.1 Å². The number of ether oxygens (including phenoxy) is 3. The van der Waals surface area contributed by atoms with Crippen LogP contribution in [0, 0.1) is 6.92 Å². The summed E-state index contributed by atoms with van der Waals surface area (Å²) in [6.07, 6.45) is 1.79. The molecule has 0 aliphatic carbocycles. The molecule has 0 spiro atoms. The zero-order chi connectivity index (χ0) is 20.3. The van der Waals surface area contributed by atoms with E-state index in [1.165, 1.54) is 5.56 Å². The van der Waals surface area contributed by atoms with Crippen molar-refractivity contribution >= 4 is 11.6 Å². The van der Waals surface area contributed by atoms with Crippen LogP contribution in [0.2, 0.25) is 0 Å². The van der Waals surface area contributed by atoms with Crippen LogP contribution >= 0.6 is 0 Å². The number of hydrogen-bond acceptors (Lipinski definition) is 5. The first kappa shape index (κ1) is 19.7. The Morgan fingerprint density at radius 3 is 2.69 bits per heavy atom. The van der Waals surface area contributed by atoms with E-state index in [0.29, 0.717) is 19.8 Å². The molecule has 2 aliphatic heterocycles. The Morgan fingerprint density at radius 1 is 1.10 bits per heavy atom. The van der Waals surface area contributed by atoms with Crippen molar-refractivity contribution in [2.24, 2.45) is 0 Å². The minimum Gasteiger partial charge on any atom is -0.454 e. The van der Waals surface area contributed by atoms with E-state index in [-0.39, 0.29) is 24.2 Å². The van der Waals surface area contributed by atoms with E-state index in [2.05, 4.69) is 22.8 Å². The number of hydrogen-bond donors (Lipinski definition) is 2. The second-order valence-electron chi connectivity index (χ2n) is 7.92. The fourth-order valence-electron chi connectivity index (χ4n) is 3.97. The van der Waals surface area contributed by atoms with E-state index >= 15 is 0 Å². The highest BCUT2D eigenvalue weighted by molar-refractivity contribution is 5.94. The second-order valence-corrected chi connectivity index (χ2v) is 7.92. The van der Waals surface area contributed by atoms with Gasteiger partial charge in [-0.25, -0.2) is 0 Å². The Bertz CT molecular complexity index is 877. The molecule has 0 radical (unpaired) electrons. The zero-order valence-corrected chi connectivity index (χ0v) is 17.0. The molecule has 154 valence electrons. The predicted octanol–water partition coefficient (Wildman–Crippen LogP) is 3.39. The van der Waals surface area contributed by atoms with Crippen molar-refractivity contribution in [2.75, 3.05) is 31.9 Å². The maximum Gasteiger partial charge on any atom is 0.241 e. The molecule has 0 saturated carbocycles. The number of carbonyl (C=O) groups excluding carboxylic acids is 1. The molecule has 1 saturated heterocycles. The summed E-state index contributed by atoms with van der Waals surface area (Å²) in [5, 5.41) is 6.45. The second kappa shape index (κ2) is 8.43. The van der Waals surface area contributed by atoms with Crippen LogP contribution < -0.4 is 20.1 Å². The van der Waals surface area contributed by atoms with E-state index < -0.39 is 0 Å². The van der Waals surface area contributed by atoms with Crippen molar-refractivity contribution in [3.05, 3.63) is 53.6 Å². The summed E-state index contributed by atoms with van der Waals surface area (Å²) >= 11 is 0. The lowest BCUT2D eigenvalue weighted by atomic mass is 9.74. The van der Waals surface area contributed by atoms with Gasteiger partial charge in [0.1, 0.15) is 0 Å². The van der Waals surface area contributed by atoms with Crippen LogP contribution in [0.25, 0.3) is 0 Å². The number of aryl methyl sites for hydroxylation is 1. The molecule has 29 heavy (non-hydrogen) atoms. The molecular formula is C23H28N2O4. The molecule has 1 atom stereocenters. The summed E-state index contributed by atoms with van der Waals surface area (Å²) < 4.78 is 16.6. The quantitative estimate of drug-likeness (QED) is 0.783. The molecule has 2 heterocycles. The third-order valence-corrected chi connectivity index (χ3v) is 5.86. The lowest BCUT2D eigenvalue weighted by molar-refractivity contribution is -0.117. The van der Waals surface area contributed by atoms with Crippen LogP contribution in [0.5, 0.6) is 11.5 Å². The number of amides is 1. The topological polar surface area (TPSA) is 68.8 Å². The summed E-state index contributed by atoms with van der Waals surface area (Å²) in [4.78, 5) is 12.7. The van der Waals surface area contributed by atoms with E-state index in [0.717, 1.165) is 35.6 Å². The van der Waals surface area contributed by atoms with Gasteiger partial charge in [0.25, 0.3) is 0 Å². The minimum atomic E-state index is -0.316. The molecule has 2 aromatic rings. The van der Waals surface area contributed by atoms with E-state index in [1.807, 2.05) is 44.2 Å². The fraction of sp³-hybridized carbons (Fsp3) is 0.435. The van der Waals surface area contributed by atoms with Crippen LogP contribution in [-0.2, 0) is 14.9 Å². The number of nitrogens with one attached hydrogen (secondary N) is 2. The molecule has 2 aliphatic rings. The molecular weight excluding hydrogens is 368 g/mol. The van der Waals surface area contributed by atoms with Crippen LogP contribution in [0.15, 0.2) is 42.5 Å². The van der Waals surface area contributed by atoms with Crippen LogP contribution in [0.1, 0.15) is 30.9 Å². The van der Waals surface area contributed by atoms with Gasteiger partial charge in [0.2, 0.25) is 12.7 Å². The standard InChI is InChI=1S/C23H28N2O4/c1-16-4-3-5-19(12-16)25-22(26)17(2)24-14-23(8-10-27-11-9-23)18-6-7-20-21(13-18)29-15-28-20/h3-7,12-13,17,24H,8-11,14-15H2,1-2H3,(H,25,26)/t17-/m0/s1. The molecule has 6 nitrogen and oxygen atoms in total. The SMILES string of the molecule is Cc1cccc(NC(=O)[C@H](C)NCC2(c3ccc4c(c3)OCO4)CCOCC2)c1. The first-order valence-electron chi connectivity index (χ1n) is 10.1. The van der Waals surface area contributed by atoms with Gasteiger partial charge in [-0.15, -0.1) is 0 Å². The highest BCUT2D eigenvalue weighted by atomic mass is 16.7. The van der Waals surface area contributed by atoms with Gasteiger partial charge in [0.15, 0.2) is 11.5 Å². The molecule has 2 aromatic carbocycles. The predicted molar refractivity (Wildman–Crippen MR) is 112 cm³/mol. The van der Waals surface area contributed by atoms with Gasteiger partial charge in [-0.05, 0) is 62.1 Å². The Labute approximate surface area is 171 Å². The number of carbonyl (C=O) groups is 1. The monoisotopic (exact) mass is 396 g/mol.